The average Bonchev–Trinajstić information content (AvgIpc) is 2.39. The smallest absolute Gasteiger partial charge is 0.548 e. The molecule has 0 heterocycles. The Bertz CT molecular complexity index is 573. The summed E-state index contributed by atoms with van der Waals surface area (Å²) in [5.74, 6) is -1.25. The Morgan fingerprint density at radius 3 is 2.05 bits per heavy atom. The van der Waals surface area contributed by atoms with Gasteiger partial charge in [-0.2, -0.15) is 0 Å². The van der Waals surface area contributed by atoms with E-state index in [0.717, 1.165) is 0 Å². The summed E-state index contributed by atoms with van der Waals surface area (Å²) in [6.45, 7) is 0. The molecular weight excluding hydrogens is 308 g/mol. The van der Waals surface area contributed by atoms with Crippen LogP contribution < -0.4 is 40.0 Å². The molecule has 20 heavy (non-hydrogen) atoms. The number of benzene rings is 2. The molecule has 3 nitrogen and oxygen atoms in total. The van der Waals surface area contributed by atoms with Gasteiger partial charge in [0.05, 0.1) is 27.7 Å². The molecule has 0 spiro atoms. The summed E-state index contributed by atoms with van der Waals surface area (Å²) < 4.78 is 0. The van der Waals surface area contributed by atoms with Gasteiger partial charge in [-0.05, 0) is 17.7 Å². The van der Waals surface area contributed by atoms with Crippen molar-refractivity contribution in [2.45, 2.75) is 6.04 Å². The van der Waals surface area contributed by atoms with E-state index in [-0.39, 0.29) is 29.6 Å². The van der Waals surface area contributed by atoms with Crippen molar-refractivity contribution in [3.8, 4) is 0 Å². The second-order valence-electron chi connectivity index (χ2n) is 3.90. The molecule has 0 saturated carbocycles. The van der Waals surface area contributed by atoms with E-state index in [4.69, 9.17) is 23.2 Å². The number of nitrogens with one attached hydrogen (secondary N) is 1. The summed E-state index contributed by atoms with van der Waals surface area (Å²) >= 11 is 12.0. The summed E-state index contributed by atoms with van der Waals surface area (Å²) in [6.07, 6.45) is 0. The van der Waals surface area contributed by atoms with Crippen molar-refractivity contribution >= 4 is 34.9 Å². The number of hydrogen-bond acceptors (Lipinski definition) is 3. The van der Waals surface area contributed by atoms with E-state index in [2.05, 4.69) is 5.32 Å². The second kappa shape index (κ2) is 7.91. The van der Waals surface area contributed by atoms with Gasteiger partial charge in [0, 0.05) is 0 Å². The fourth-order valence-corrected chi connectivity index (χ4v) is 2.21. The van der Waals surface area contributed by atoms with E-state index in [1.54, 1.807) is 48.5 Å². The van der Waals surface area contributed by atoms with E-state index in [1.165, 1.54) is 0 Å². The number of hydrogen-bond donors (Lipinski definition) is 1. The molecule has 2 rings (SSSR count). The van der Waals surface area contributed by atoms with Crippen LogP contribution in [0.1, 0.15) is 11.6 Å². The first-order valence-electron chi connectivity index (χ1n) is 5.56. The second-order valence-corrected chi connectivity index (χ2v) is 4.72. The van der Waals surface area contributed by atoms with Crippen LogP contribution >= 0.6 is 23.2 Å². The number of anilines is 1. The molecule has 0 aromatic heterocycles. The van der Waals surface area contributed by atoms with Gasteiger partial charge in [-0.1, -0.05) is 59.6 Å². The van der Waals surface area contributed by atoms with Gasteiger partial charge in [0.1, 0.15) is 0 Å². The van der Waals surface area contributed by atoms with Crippen molar-refractivity contribution in [2.24, 2.45) is 0 Å². The minimum atomic E-state index is -1.25. The number of carbonyl (C=O) groups excluding carboxylic acids is 1. The Kier molecular flexibility index (Phi) is 6.86. The summed E-state index contributed by atoms with van der Waals surface area (Å²) in [5, 5.41) is 14.8. The number of carboxylic acid groups (broad SMARTS) is 1. The molecule has 0 aliphatic carbocycles. The Balaban J connectivity index is 0.00000200. The van der Waals surface area contributed by atoms with Gasteiger partial charge in [-0.15, -0.1) is 0 Å². The molecule has 0 saturated heterocycles. The van der Waals surface area contributed by atoms with E-state index in [1.807, 2.05) is 0 Å². The zero-order valence-corrected chi connectivity index (χ0v) is 14.3. The quantitative estimate of drug-likeness (QED) is 0.801. The van der Waals surface area contributed by atoms with Crippen LogP contribution in [-0.2, 0) is 4.79 Å². The van der Waals surface area contributed by atoms with Crippen molar-refractivity contribution in [2.75, 3.05) is 5.32 Å². The maximum Gasteiger partial charge on any atom is 1.00 e. The Morgan fingerprint density at radius 1 is 1.00 bits per heavy atom. The van der Waals surface area contributed by atoms with Crippen LogP contribution in [0.2, 0.25) is 10.0 Å². The molecule has 0 radical (unpaired) electrons. The van der Waals surface area contributed by atoms with E-state index in [0.29, 0.717) is 21.3 Å². The van der Waals surface area contributed by atoms with Crippen LogP contribution in [0.15, 0.2) is 48.5 Å². The number of aliphatic carboxylic acids is 1. The SMILES string of the molecule is O=C([O-])C(Nc1c(Cl)cccc1Cl)c1ccccc1.[Na+]. The number of para-hydroxylation sites is 1. The summed E-state index contributed by atoms with van der Waals surface area (Å²) in [5.41, 5.74) is 0.947. The predicted molar refractivity (Wildman–Crippen MR) is 74.3 cm³/mol. The molecule has 0 bridgehead atoms. The van der Waals surface area contributed by atoms with Crippen LogP contribution in [0.4, 0.5) is 5.69 Å². The van der Waals surface area contributed by atoms with Gasteiger partial charge in [-0.25, -0.2) is 0 Å². The van der Waals surface area contributed by atoms with Crippen molar-refractivity contribution in [3.05, 3.63) is 64.1 Å². The van der Waals surface area contributed by atoms with Crippen LogP contribution in [0.5, 0.6) is 0 Å². The average molecular weight is 318 g/mol. The third kappa shape index (κ3) is 4.14. The number of carboxylic acids is 1. The maximum atomic E-state index is 11.3. The monoisotopic (exact) mass is 317 g/mol. The van der Waals surface area contributed by atoms with Gasteiger partial charge in [-0.3, -0.25) is 0 Å². The van der Waals surface area contributed by atoms with Gasteiger partial charge in [0.25, 0.3) is 0 Å². The van der Waals surface area contributed by atoms with E-state index < -0.39 is 12.0 Å². The largest absolute Gasteiger partial charge is 1.00 e. The molecule has 2 aromatic carbocycles. The first kappa shape index (κ1) is 17.3. The molecule has 6 heteroatoms. The van der Waals surface area contributed by atoms with Gasteiger partial charge in [0.15, 0.2) is 0 Å². The van der Waals surface area contributed by atoms with Gasteiger partial charge in [0.2, 0.25) is 0 Å². The van der Waals surface area contributed by atoms with Crippen LogP contribution in [0.3, 0.4) is 0 Å². The Labute approximate surface area is 149 Å². The molecule has 0 aliphatic rings. The predicted octanol–water partition coefficient (Wildman–Crippen LogP) is -0.0995. The summed E-state index contributed by atoms with van der Waals surface area (Å²) in [7, 11) is 0. The topological polar surface area (TPSA) is 52.2 Å². The number of halogens is 2. The van der Waals surface area contributed by atoms with E-state index in [9.17, 15) is 9.90 Å². The third-order valence-electron chi connectivity index (χ3n) is 2.62. The fraction of sp³-hybridized carbons (Fsp3) is 0.0714. The fourth-order valence-electron chi connectivity index (χ4n) is 1.70. The first-order chi connectivity index (χ1) is 9.09. The molecule has 0 aliphatic heterocycles. The Hall–Kier alpha value is -0.710. The molecule has 1 atom stereocenters. The number of carbonyl (C=O) groups is 1. The van der Waals surface area contributed by atoms with Crippen molar-refractivity contribution in [1.82, 2.24) is 0 Å². The number of rotatable bonds is 4. The van der Waals surface area contributed by atoms with E-state index >= 15 is 0 Å². The van der Waals surface area contributed by atoms with Crippen LogP contribution in [-0.4, -0.2) is 5.97 Å². The molecule has 0 amide bonds. The standard InChI is InChI=1S/C14H11Cl2NO2.Na/c15-10-7-4-8-11(16)13(10)17-12(14(18)19)9-5-2-1-3-6-9;/h1-8,12,17H,(H,18,19);/q;+1/p-1. The third-order valence-corrected chi connectivity index (χ3v) is 3.25. The van der Waals surface area contributed by atoms with Gasteiger partial charge >= 0.3 is 29.6 Å². The maximum absolute atomic E-state index is 11.3. The molecule has 1 N–H and O–H groups in total. The molecule has 0 fully saturated rings. The molecule has 98 valence electrons. The Morgan fingerprint density at radius 2 is 1.55 bits per heavy atom. The molecule has 2 aromatic rings. The van der Waals surface area contributed by atoms with Gasteiger partial charge < -0.3 is 15.2 Å². The van der Waals surface area contributed by atoms with Crippen molar-refractivity contribution in [3.63, 3.8) is 0 Å². The normalized spacial score (nSPS) is 11.3. The minimum absolute atomic E-state index is 0. The summed E-state index contributed by atoms with van der Waals surface area (Å²) in [6, 6.07) is 12.6. The zero-order chi connectivity index (χ0) is 13.8. The van der Waals surface area contributed by atoms with Crippen molar-refractivity contribution < 1.29 is 39.5 Å². The molecule has 1 unspecified atom stereocenters. The van der Waals surface area contributed by atoms with Crippen molar-refractivity contribution in [1.29, 1.82) is 0 Å². The minimum Gasteiger partial charge on any atom is -0.548 e. The molecular formula is C14H10Cl2NNaO2. The zero-order valence-electron chi connectivity index (χ0n) is 10.8. The van der Waals surface area contributed by atoms with Crippen LogP contribution in [0, 0.1) is 0 Å². The van der Waals surface area contributed by atoms with Crippen LogP contribution in [0.25, 0.3) is 0 Å². The first-order valence-corrected chi connectivity index (χ1v) is 6.31. The summed E-state index contributed by atoms with van der Waals surface area (Å²) in [4.78, 5) is 11.3.